The average molecular weight is 143 g/mol. The molecule has 60 valence electrons. The van der Waals surface area contributed by atoms with Gasteiger partial charge in [-0.15, -0.1) is 0 Å². The van der Waals surface area contributed by atoms with Gasteiger partial charge in [0, 0.05) is 17.5 Å². The SMILES string of the molecule is CC1(C)CNC(C)(C)C1O. The van der Waals surface area contributed by atoms with Crippen LogP contribution in [-0.4, -0.2) is 23.3 Å². The number of aliphatic hydroxyl groups is 1. The molecule has 0 amide bonds. The van der Waals surface area contributed by atoms with Crippen LogP contribution >= 0.6 is 0 Å². The van der Waals surface area contributed by atoms with Gasteiger partial charge in [-0.05, 0) is 13.8 Å². The summed E-state index contributed by atoms with van der Waals surface area (Å²) in [5.74, 6) is 0. The van der Waals surface area contributed by atoms with E-state index in [0.29, 0.717) is 0 Å². The van der Waals surface area contributed by atoms with Crippen molar-refractivity contribution in [2.24, 2.45) is 5.41 Å². The molecule has 1 rings (SSSR count). The van der Waals surface area contributed by atoms with E-state index < -0.39 is 0 Å². The molecule has 0 aromatic carbocycles. The molecule has 2 N–H and O–H groups in total. The van der Waals surface area contributed by atoms with Crippen LogP contribution in [0.1, 0.15) is 27.7 Å². The Morgan fingerprint density at radius 1 is 1.30 bits per heavy atom. The van der Waals surface area contributed by atoms with Crippen molar-refractivity contribution in [3.8, 4) is 0 Å². The van der Waals surface area contributed by atoms with Crippen molar-refractivity contribution in [3.63, 3.8) is 0 Å². The van der Waals surface area contributed by atoms with Crippen molar-refractivity contribution >= 4 is 0 Å². The number of rotatable bonds is 0. The third-order valence-electron chi connectivity index (χ3n) is 2.42. The second-order valence-corrected chi connectivity index (χ2v) is 4.47. The molecule has 0 saturated carbocycles. The van der Waals surface area contributed by atoms with E-state index in [2.05, 4.69) is 19.2 Å². The Balaban J connectivity index is 2.77. The molecule has 1 saturated heterocycles. The molecular formula is C8H17NO. The van der Waals surface area contributed by atoms with Gasteiger partial charge in [-0.3, -0.25) is 0 Å². The van der Waals surface area contributed by atoms with E-state index in [4.69, 9.17) is 0 Å². The third-order valence-corrected chi connectivity index (χ3v) is 2.42. The van der Waals surface area contributed by atoms with Gasteiger partial charge in [0.1, 0.15) is 0 Å². The number of nitrogens with one attached hydrogen (secondary N) is 1. The first-order valence-corrected chi connectivity index (χ1v) is 3.79. The molecule has 0 bridgehead atoms. The minimum absolute atomic E-state index is 0.0312. The van der Waals surface area contributed by atoms with Gasteiger partial charge in [-0.1, -0.05) is 13.8 Å². The predicted molar refractivity (Wildman–Crippen MR) is 41.9 cm³/mol. The summed E-state index contributed by atoms with van der Waals surface area (Å²) in [7, 11) is 0. The van der Waals surface area contributed by atoms with Crippen LogP contribution in [0.25, 0.3) is 0 Å². The normalized spacial score (nSPS) is 36.3. The first kappa shape index (κ1) is 8.02. The van der Waals surface area contributed by atoms with Crippen LogP contribution in [0.15, 0.2) is 0 Å². The Morgan fingerprint density at radius 2 is 1.80 bits per heavy atom. The van der Waals surface area contributed by atoms with E-state index in [0.717, 1.165) is 6.54 Å². The Bertz CT molecular complexity index is 124. The lowest BCUT2D eigenvalue weighted by Gasteiger charge is -2.28. The van der Waals surface area contributed by atoms with Gasteiger partial charge in [0.05, 0.1) is 6.10 Å². The average Bonchev–Trinajstić information content (AvgIpc) is 1.95. The molecule has 0 spiro atoms. The summed E-state index contributed by atoms with van der Waals surface area (Å²) in [6.45, 7) is 9.14. The summed E-state index contributed by atoms with van der Waals surface area (Å²) in [5, 5.41) is 13.0. The Hall–Kier alpha value is -0.0800. The highest BCUT2D eigenvalue weighted by molar-refractivity contribution is 5.02. The van der Waals surface area contributed by atoms with Gasteiger partial charge in [0.25, 0.3) is 0 Å². The standard InChI is InChI=1S/C8H17NO/c1-7(2)5-9-8(3,4)6(7)10/h6,9-10H,5H2,1-4H3. The zero-order chi connectivity index (χ0) is 7.99. The van der Waals surface area contributed by atoms with Crippen LogP contribution in [0.5, 0.6) is 0 Å². The van der Waals surface area contributed by atoms with E-state index in [1.54, 1.807) is 0 Å². The Labute approximate surface area is 62.6 Å². The molecule has 1 heterocycles. The van der Waals surface area contributed by atoms with Crippen molar-refractivity contribution in [1.82, 2.24) is 5.32 Å². The lowest BCUT2D eigenvalue weighted by Crippen LogP contribution is -2.43. The van der Waals surface area contributed by atoms with Gasteiger partial charge in [-0.2, -0.15) is 0 Å². The molecule has 2 heteroatoms. The van der Waals surface area contributed by atoms with Crippen molar-refractivity contribution in [1.29, 1.82) is 0 Å². The molecule has 0 aromatic rings. The Morgan fingerprint density at radius 3 is 1.90 bits per heavy atom. The molecule has 1 aliphatic heterocycles. The minimum Gasteiger partial charge on any atom is -0.391 e. The topological polar surface area (TPSA) is 32.3 Å². The summed E-state index contributed by atoms with van der Waals surface area (Å²) in [5.41, 5.74) is -0.0764. The molecule has 2 nitrogen and oxygen atoms in total. The van der Waals surface area contributed by atoms with Gasteiger partial charge >= 0.3 is 0 Å². The molecule has 10 heavy (non-hydrogen) atoms. The monoisotopic (exact) mass is 143 g/mol. The van der Waals surface area contributed by atoms with Crippen LogP contribution in [-0.2, 0) is 0 Å². The molecular weight excluding hydrogens is 126 g/mol. The van der Waals surface area contributed by atoms with E-state index in [-0.39, 0.29) is 17.1 Å². The maximum atomic E-state index is 9.72. The fraction of sp³-hybridized carbons (Fsp3) is 1.00. The van der Waals surface area contributed by atoms with Crippen molar-refractivity contribution in [2.75, 3.05) is 6.54 Å². The highest BCUT2D eigenvalue weighted by atomic mass is 16.3. The van der Waals surface area contributed by atoms with E-state index >= 15 is 0 Å². The molecule has 1 unspecified atom stereocenters. The second-order valence-electron chi connectivity index (χ2n) is 4.47. The Kier molecular flexibility index (Phi) is 1.57. The maximum absolute atomic E-state index is 9.72. The highest BCUT2D eigenvalue weighted by Gasteiger charge is 2.45. The van der Waals surface area contributed by atoms with Crippen LogP contribution in [0.4, 0.5) is 0 Å². The fourth-order valence-corrected chi connectivity index (χ4v) is 1.63. The minimum atomic E-state index is -0.236. The van der Waals surface area contributed by atoms with E-state index in [1.165, 1.54) is 0 Å². The fourth-order valence-electron chi connectivity index (χ4n) is 1.63. The zero-order valence-electron chi connectivity index (χ0n) is 7.23. The highest BCUT2D eigenvalue weighted by Crippen LogP contribution is 2.33. The van der Waals surface area contributed by atoms with E-state index in [1.807, 2.05) is 13.8 Å². The molecule has 1 atom stereocenters. The smallest absolute Gasteiger partial charge is 0.0779 e. The zero-order valence-corrected chi connectivity index (χ0v) is 7.23. The largest absolute Gasteiger partial charge is 0.391 e. The first-order chi connectivity index (χ1) is 4.36. The molecule has 0 aliphatic carbocycles. The predicted octanol–water partition coefficient (Wildman–Crippen LogP) is 0.755. The third kappa shape index (κ3) is 1.06. The van der Waals surface area contributed by atoms with E-state index in [9.17, 15) is 5.11 Å². The molecule has 1 fully saturated rings. The number of hydrogen-bond acceptors (Lipinski definition) is 2. The van der Waals surface area contributed by atoms with Crippen molar-refractivity contribution < 1.29 is 5.11 Å². The van der Waals surface area contributed by atoms with Crippen LogP contribution in [0.2, 0.25) is 0 Å². The van der Waals surface area contributed by atoms with Crippen LogP contribution < -0.4 is 5.32 Å². The van der Waals surface area contributed by atoms with Gasteiger partial charge in [-0.25, -0.2) is 0 Å². The lowest BCUT2D eigenvalue weighted by molar-refractivity contribution is 0.0437. The van der Waals surface area contributed by atoms with Gasteiger partial charge in [0.2, 0.25) is 0 Å². The molecule has 1 aliphatic rings. The van der Waals surface area contributed by atoms with Crippen molar-refractivity contribution in [2.45, 2.75) is 39.3 Å². The number of aliphatic hydroxyl groups excluding tert-OH is 1. The quantitative estimate of drug-likeness (QED) is 0.524. The molecule has 0 radical (unpaired) electrons. The maximum Gasteiger partial charge on any atom is 0.0779 e. The summed E-state index contributed by atoms with van der Waals surface area (Å²) >= 11 is 0. The van der Waals surface area contributed by atoms with Gasteiger partial charge < -0.3 is 10.4 Å². The second kappa shape index (κ2) is 1.95. The lowest BCUT2D eigenvalue weighted by atomic mass is 9.82. The van der Waals surface area contributed by atoms with Crippen LogP contribution in [0.3, 0.4) is 0 Å². The molecule has 0 aromatic heterocycles. The first-order valence-electron chi connectivity index (χ1n) is 3.79. The van der Waals surface area contributed by atoms with Crippen molar-refractivity contribution in [3.05, 3.63) is 0 Å². The summed E-state index contributed by atoms with van der Waals surface area (Å²) in [4.78, 5) is 0. The summed E-state index contributed by atoms with van der Waals surface area (Å²) in [6, 6.07) is 0. The number of hydrogen-bond donors (Lipinski definition) is 2. The van der Waals surface area contributed by atoms with Crippen LogP contribution in [0, 0.1) is 5.41 Å². The summed E-state index contributed by atoms with van der Waals surface area (Å²) in [6.07, 6.45) is -0.236. The van der Waals surface area contributed by atoms with Gasteiger partial charge in [0.15, 0.2) is 0 Å². The summed E-state index contributed by atoms with van der Waals surface area (Å²) < 4.78 is 0.